The van der Waals surface area contributed by atoms with Crippen LogP contribution < -0.4 is 10.9 Å². The maximum atomic E-state index is 12.5. The molecule has 6 nitrogen and oxygen atoms in total. The van der Waals surface area contributed by atoms with Crippen LogP contribution in [0.5, 0.6) is 0 Å². The molecule has 7 heteroatoms. The molecule has 3 rings (SSSR count). The van der Waals surface area contributed by atoms with Crippen LogP contribution >= 0.6 is 11.8 Å². The van der Waals surface area contributed by atoms with Gasteiger partial charge in [-0.05, 0) is 30.7 Å². The van der Waals surface area contributed by atoms with Gasteiger partial charge in [0.15, 0.2) is 5.16 Å². The van der Waals surface area contributed by atoms with Crippen molar-refractivity contribution >= 4 is 34.3 Å². The Hall–Kier alpha value is -2.67. The van der Waals surface area contributed by atoms with Gasteiger partial charge in [0.05, 0.1) is 16.2 Å². The molecule has 128 valence electrons. The largest absolute Gasteiger partial charge is 0.325 e. The van der Waals surface area contributed by atoms with Gasteiger partial charge in [-0.1, -0.05) is 30.8 Å². The Labute approximate surface area is 149 Å². The number of anilines is 1. The number of hydrogen-bond donors (Lipinski definition) is 1. The monoisotopic (exact) mass is 354 g/mol. The van der Waals surface area contributed by atoms with E-state index in [2.05, 4.69) is 15.3 Å². The molecule has 2 aromatic heterocycles. The number of benzene rings is 1. The lowest BCUT2D eigenvalue weighted by atomic mass is 10.2. The number of nitrogens with zero attached hydrogens (tertiary/aromatic N) is 3. The van der Waals surface area contributed by atoms with Crippen LogP contribution in [0, 0.1) is 0 Å². The average molecular weight is 354 g/mol. The van der Waals surface area contributed by atoms with Crippen molar-refractivity contribution in [1.82, 2.24) is 14.5 Å². The van der Waals surface area contributed by atoms with Gasteiger partial charge in [0.25, 0.3) is 5.56 Å². The van der Waals surface area contributed by atoms with E-state index in [1.54, 1.807) is 43.7 Å². The molecule has 1 unspecified atom stereocenters. The minimum atomic E-state index is -0.354. The van der Waals surface area contributed by atoms with Gasteiger partial charge in [-0.2, -0.15) is 0 Å². The topological polar surface area (TPSA) is 76.9 Å². The van der Waals surface area contributed by atoms with Gasteiger partial charge in [-0.15, -0.1) is 0 Å². The summed E-state index contributed by atoms with van der Waals surface area (Å²) < 4.78 is 1.50. The number of hydrogen-bond acceptors (Lipinski definition) is 5. The maximum absolute atomic E-state index is 12.5. The zero-order valence-electron chi connectivity index (χ0n) is 14.0. The first kappa shape index (κ1) is 17.2. The Balaban J connectivity index is 1.86. The number of rotatable bonds is 5. The average Bonchev–Trinajstić information content (AvgIpc) is 2.64. The molecule has 2 heterocycles. The molecule has 0 saturated heterocycles. The number of carbonyl (C=O) groups is 1. The first-order valence-corrected chi connectivity index (χ1v) is 8.81. The molecule has 3 aromatic rings. The third-order valence-electron chi connectivity index (χ3n) is 3.80. The molecule has 0 aliphatic carbocycles. The third-order valence-corrected chi connectivity index (χ3v) is 5.21. The van der Waals surface area contributed by atoms with Gasteiger partial charge in [0.2, 0.25) is 5.91 Å². The standard InChI is InChI=1S/C18H18N4O2S/c1-3-15(16(23)20-12-8-10-19-11-9-12)25-18-21-14-7-5-4-6-13(14)17(24)22(18)2/h4-11,15H,3H2,1-2H3,(H,19,20,23). The molecule has 0 saturated carbocycles. The maximum Gasteiger partial charge on any atom is 0.261 e. The highest BCUT2D eigenvalue weighted by Gasteiger charge is 2.21. The predicted molar refractivity (Wildman–Crippen MR) is 99.8 cm³/mol. The second-order valence-corrected chi connectivity index (χ2v) is 6.69. The SMILES string of the molecule is CCC(Sc1nc2ccccc2c(=O)n1C)C(=O)Nc1ccncc1. The van der Waals surface area contributed by atoms with Crippen LogP contribution in [0.1, 0.15) is 13.3 Å². The lowest BCUT2D eigenvalue weighted by Crippen LogP contribution is -2.27. The third kappa shape index (κ3) is 3.71. The molecule has 0 bridgehead atoms. The van der Waals surface area contributed by atoms with E-state index in [0.717, 1.165) is 0 Å². The summed E-state index contributed by atoms with van der Waals surface area (Å²) in [5, 5.41) is 3.62. The highest BCUT2D eigenvalue weighted by Crippen LogP contribution is 2.25. The van der Waals surface area contributed by atoms with Gasteiger partial charge >= 0.3 is 0 Å². The van der Waals surface area contributed by atoms with E-state index >= 15 is 0 Å². The highest BCUT2D eigenvalue weighted by molar-refractivity contribution is 8.00. The molecule has 1 N–H and O–H groups in total. The second-order valence-electron chi connectivity index (χ2n) is 5.52. The molecule has 0 fully saturated rings. The van der Waals surface area contributed by atoms with Gasteiger partial charge in [-0.25, -0.2) is 4.98 Å². The van der Waals surface area contributed by atoms with Crippen LogP contribution in [0.3, 0.4) is 0 Å². The fourth-order valence-electron chi connectivity index (χ4n) is 2.41. The smallest absolute Gasteiger partial charge is 0.261 e. The predicted octanol–water partition coefficient (Wildman–Crippen LogP) is 2.84. The molecular weight excluding hydrogens is 336 g/mol. The van der Waals surface area contributed by atoms with Crippen molar-refractivity contribution in [1.29, 1.82) is 0 Å². The van der Waals surface area contributed by atoms with E-state index in [-0.39, 0.29) is 16.7 Å². The van der Waals surface area contributed by atoms with Crippen LogP contribution in [0.25, 0.3) is 10.9 Å². The Bertz CT molecular complexity index is 956. The normalized spacial score (nSPS) is 12.1. The summed E-state index contributed by atoms with van der Waals surface area (Å²) >= 11 is 1.30. The Morgan fingerprint density at radius 3 is 2.68 bits per heavy atom. The molecule has 0 spiro atoms. The summed E-state index contributed by atoms with van der Waals surface area (Å²) in [6, 6.07) is 10.7. The summed E-state index contributed by atoms with van der Waals surface area (Å²) in [6.45, 7) is 1.93. The summed E-state index contributed by atoms with van der Waals surface area (Å²) in [5.41, 5.74) is 1.22. The molecule has 1 amide bonds. The van der Waals surface area contributed by atoms with E-state index in [1.165, 1.54) is 16.3 Å². The molecule has 0 aliphatic heterocycles. The second kappa shape index (κ2) is 7.48. The number of para-hydroxylation sites is 1. The number of amides is 1. The summed E-state index contributed by atoms with van der Waals surface area (Å²) in [7, 11) is 1.68. The van der Waals surface area contributed by atoms with Crippen molar-refractivity contribution in [2.24, 2.45) is 7.05 Å². The first-order valence-electron chi connectivity index (χ1n) is 7.93. The Morgan fingerprint density at radius 2 is 1.96 bits per heavy atom. The molecule has 1 aromatic carbocycles. The Kier molecular flexibility index (Phi) is 5.14. The number of thioether (sulfide) groups is 1. The number of pyridine rings is 1. The Morgan fingerprint density at radius 1 is 1.24 bits per heavy atom. The number of carbonyl (C=O) groups excluding carboxylic acids is 1. The quantitative estimate of drug-likeness (QED) is 0.563. The number of fused-ring (bicyclic) bond motifs is 1. The number of aromatic nitrogens is 3. The van der Waals surface area contributed by atoms with Gasteiger partial charge in [0, 0.05) is 25.1 Å². The fourth-order valence-corrected chi connectivity index (χ4v) is 3.39. The van der Waals surface area contributed by atoms with Crippen molar-refractivity contribution in [2.75, 3.05) is 5.32 Å². The van der Waals surface area contributed by atoms with Crippen LogP contribution in [-0.2, 0) is 11.8 Å². The first-order chi connectivity index (χ1) is 12.1. The van der Waals surface area contributed by atoms with E-state index in [9.17, 15) is 9.59 Å². The zero-order valence-corrected chi connectivity index (χ0v) is 14.8. The van der Waals surface area contributed by atoms with Crippen LogP contribution in [0.2, 0.25) is 0 Å². The van der Waals surface area contributed by atoms with E-state index in [0.29, 0.717) is 28.2 Å². The molecule has 0 aliphatic rings. The van der Waals surface area contributed by atoms with E-state index < -0.39 is 0 Å². The minimum Gasteiger partial charge on any atom is -0.325 e. The zero-order chi connectivity index (χ0) is 17.8. The highest BCUT2D eigenvalue weighted by atomic mass is 32.2. The van der Waals surface area contributed by atoms with Crippen LogP contribution in [0.15, 0.2) is 58.7 Å². The van der Waals surface area contributed by atoms with Gasteiger partial charge in [-0.3, -0.25) is 19.1 Å². The number of nitrogens with one attached hydrogen (secondary N) is 1. The minimum absolute atomic E-state index is 0.113. The summed E-state index contributed by atoms with van der Waals surface area (Å²) in [6.07, 6.45) is 3.86. The van der Waals surface area contributed by atoms with Gasteiger partial charge < -0.3 is 5.32 Å². The fraction of sp³-hybridized carbons (Fsp3) is 0.222. The summed E-state index contributed by atoms with van der Waals surface area (Å²) in [5.74, 6) is -0.124. The van der Waals surface area contributed by atoms with Crippen molar-refractivity contribution in [3.8, 4) is 0 Å². The van der Waals surface area contributed by atoms with Crippen molar-refractivity contribution < 1.29 is 4.79 Å². The van der Waals surface area contributed by atoms with E-state index in [4.69, 9.17) is 0 Å². The van der Waals surface area contributed by atoms with Crippen LogP contribution in [-0.4, -0.2) is 25.7 Å². The van der Waals surface area contributed by atoms with Crippen LogP contribution in [0.4, 0.5) is 5.69 Å². The molecule has 0 radical (unpaired) electrons. The summed E-state index contributed by atoms with van der Waals surface area (Å²) in [4.78, 5) is 33.5. The van der Waals surface area contributed by atoms with Crippen molar-refractivity contribution in [3.63, 3.8) is 0 Å². The molecule has 25 heavy (non-hydrogen) atoms. The molecule has 1 atom stereocenters. The van der Waals surface area contributed by atoms with Crippen molar-refractivity contribution in [3.05, 3.63) is 59.1 Å². The van der Waals surface area contributed by atoms with Gasteiger partial charge in [0.1, 0.15) is 0 Å². The molecular formula is C18H18N4O2S. The van der Waals surface area contributed by atoms with Crippen molar-refractivity contribution in [2.45, 2.75) is 23.8 Å². The van der Waals surface area contributed by atoms with E-state index in [1.807, 2.05) is 19.1 Å². The lowest BCUT2D eigenvalue weighted by molar-refractivity contribution is -0.115. The lowest BCUT2D eigenvalue weighted by Gasteiger charge is -2.16.